The molecule has 4 heteroatoms. The van der Waals surface area contributed by atoms with Crippen LogP contribution in [0.25, 0.3) is 0 Å². The molecule has 0 aliphatic heterocycles. The first kappa shape index (κ1) is 14.4. The van der Waals surface area contributed by atoms with E-state index < -0.39 is 0 Å². The average Bonchev–Trinajstić information content (AvgIpc) is 2.37. The van der Waals surface area contributed by atoms with Crippen LogP contribution in [0.2, 0.25) is 0 Å². The molecule has 0 spiro atoms. The topological polar surface area (TPSA) is 55.1 Å². The minimum atomic E-state index is -0.0669. The molecule has 1 saturated carbocycles. The molecule has 1 aliphatic carbocycles. The highest BCUT2D eigenvalue weighted by atomic mass is 79.9. The number of benzene rings is 1. The molecule has 0 aromatic heterocycles. The molecule has 2 rings (SSSR count). The van der Waals surface area contributed by atoms with Crippen LogP contribution in [0, 0.1) is 11.8 Å². The van der Waals surface area contributed by atoms with E-state index >= 15 is 0 Å². The monoisotopic (exact) mass is 324 g/mol. The maximum absolute atomic E-state index is 12.1. The summed E-state index contributed by atoms with van der Waals surface area (Å²) in [7, 11) is 0. The van der Waals surface area contributed by atoms with Crippen molar-refractivity contribution in [2.45, 2.75) is 32.6 Å². The van der Waals surface area contributed by atoms with Crippen molar-refractivity contribution in [3.05, 3.63) is 28.2 Å². The van der Waals surface area contributed by atoms with Gasteiger partial charge in [-0.05, 0) is 36.5 Å². The summed E-state index contributed by atoms with van der Waals surface area (Å²) in [6.45, 7) is 3.04. The molecule has 0 saturated heterocycles. The maximum atomic E-state index is 12.1. The Morgan fingerprint density at radius 3 is 2.84 bits per heavy atom. The van der Waals surface area contributed by atoms with Crippen LogP contribution >= 0.6 is 15.9 Å². The molecular formula is C15H21BrN2O. The quantitative estimate of drug-likeness (QED) is 0.835. The van der Waals surface area contributed by atoms with Crippen LogP contribution in [0.4, 0.5) is 5.69 Å². The van der Waals surface area contributed by atoms with Crippen molar-refractivity contribution in [3.8, 4) is 0 Å². The van der Waals surface area contributed by atoms with Crippen LogP contribution in [0.3, 0.4) is 0 Å². The molecule has 1 aromatic rings. The molecule has 3 N–H and O–H groups in total. The highest BCUT2D eigenvalue weighted by Crippen LogP contribution is 2.29. The fraction of sp³-hybridized carbons (Fsp3) is 0.533. The number of rotatable bonds is 3. The van der Waals surface area contributed by atoms with Gasteiger partial charge in [0.15, 0.2) is 0 Å². The van der Waals surface area contributed by atoms with Crippen molar-refractivity contribution in [1.29, 1.82) is 0 Å². The lowest BCUT2D eigenvalue weighted by Gasteiger charge is -2.28. The Bertz CT molecular complexity index is 461. The Morgan fingerprint density at radius 1 is 1.42 bits per heavy atom. The van der Waals surface area contributed by atoms with Crippen LogP contribution in [0.5, 0.6) is 0 Å². The number of hydrogen-bond donors (Lipinski definition) is 2. The van der Waals surface area contributed by atoms with E-state index in [-0.39, 0.29) is 5.91 Å². The normalized spacial score (nSPS) is 23.1. The molecule has 1 fully saturated rings. The standard InChI is InChI=1S/C15H21BrN2O/c1-10-4-2-3-5-11(10)9-18-15(19)13-7-6-12(16)8-14(13)17/h6-8,10-11H,2-5,9,17H2,1H3,(H,18,19). The predicted molar refractivity (Wildman–Crippen MR) is 82.0 cm³/mol. The lowest BCUT2D eigenvalue weighted by atomic mass is 9.80. The van der Waals surface area contributed by atoms with E-state index in [9.17, 15) is 4.79 Å². The third-order valence-corrected chi connectivity index (χ3v) is 4.57. The zero-order valence-corrected chi connectivity index (χ0v) is 12.9. The summed E-state index contributed by atoms with van der Waals surface area (Å²) in [5, 5.41) is 3.03. The first-order valence-electron chi connectivity index (χ1n) is 6.91. The van der Waals surface area contributed by atoms with Crippen LogP contribution < -0.4 is 11.1 Å². The average molecular weight is 325 g/mol. The second-order valence-electron chi connectivity index (χ2n) is 5.46. The molecule has 0 radical (unpaired) electrons. The summed E-state index contributed by atoms with van der Waals surface area (Å²) in [6.07, 6.45) is 5.11. The highest BCUT2D eigenvalue weighted by Gasteiger charge is 2.22. The molecule has 1 amide bonds. The van der Waals surface area contributed by atoms with E-state index in [1.807, 2.05) is 6.07 Å². The van der Waals surface area contributed by atoms with Gasteiger partial charge in [-0.3, -0.25) is 4.79 Å². The summed E-state index contributed by atoms with van der Waals surface area (Å²) >= 11 is 3.34. The van der Waals surface area contributed by atoms with E-state index in [0.29, 0.717) is 23.1 Å². The molecular weight excluding hydrogens is 304 g/mol. The van der Waals surface area contributed by atoms with Crippen molar-refractivity contribution in [1.82, 2.24) is 5.32 Å². The zero-order chi connectivity index (χ0) is 13.8. The molecule has 2 unspecified atom stereocenters. The Morgan fingerprint density at radius 2 is 2.16 bits per heavy atom. The van der Waals surface area contributed by atoms with Gasteiger partial charge in [-0.25, -0.2) is 0 Å². The number of carbonyl (C=O) groups excluding carboxylic acids is 1. The summed E-state index contributed by atoms with van der Waals surface area (Å²) in [6, 6.07) is 5.37. The van der Waals surface area contributed by atoms with Crippen molar-refractivity contribution in [2.75, 3.05) is 12.3 Å². The molecule has 1 aromatic carbocycles. The molecule has 104 valence electrons. The molecule has 3 nitrogen and oxygen atoms in total. The van der Waals surface area contributed by atoms with Gasteiger partial charge in [0.05, 0.1) is 5.56 Å². The lowest BCUT2D eigenvalue weighted by molar-refractivity contribution is 0.0937. The number of halogens is 1. The Labute approximate surface area is 123 Å². The molecule has 19 heavy (non-hydrogen) atoms. The first-order valence-corrected chi connectivity index (χ1v) is 7.70. The Hall–Kier alpha value is -1.03. The largest absolute Gasteiger partial charge is 0.398 e. The summed E-state index contributed by atoms with van der Waals surface area (Å²) < 4.78 is 0.891. The molecule has 2 atom stereocenters. The van der Waals surface area contributed by atoms with E-state index in [1.165, 1.54) is 25.7 Å². The van der Waals surface area contributed by atoms with Gasteiger partial charge in [-0.15, -0.1) is 0 Å². The van der Waals surface area contributed by atoms with Crippen molar-refractivity contribution in [2.24, 2.45) is 11.8 Å². The number of carbonyl (C=O) groups is 1. The highest BCUT2D eigenvalue weighted by molar-refractivity contribution is 9.10. The minimum absolute atomic E-state index is 0.0669. The van der Waals surface area contributed by atoms with E-state index in [0.717, 1.165) is 11.0 Å². The first-order chi connectivity index (χ1) is 9.08. The number of nitrogen functional groups attached to an aromatic ring is 1. The Balaban J connectivity index is 1.93. The van der Waals surface area contributed by atoms with Gasteiger partial charge in [0.1, 0.15) is 0 Å². The van der Waals surface area contributed by atoms with Crippen LogP contribution in [-0.4, -0.2) is 12.5 Å². The molecule has 1 aliphatic rings. The van der Waals surface area contributed by atoms with Gasteiger partial charge >= 0.3 is 0 Å². The number of nitrogens with two attached hydrogens (primary N) is 1. The van der Waals surface area contributed by atoms with Crippen LogP contribution in [0.15, 0.2) is 22.7 Å². The van der Waals surface area contributed by atoms with Crippen LogP contribution in [0.1, 0.15) is 43.0 Å². The van der Waals surface area contributed by atoms with Crippen molar-refractivity contribution < 1.29 is 4.79 Å². The third-order valence-electron chi connectivity index (χ3n) is 4.07. The fourth-order valence-corrected chi connectivity index (χ4v) is 3.13. The number of hydrogen-bond acceptors (Lipinski definition) is 2. The molecule has 0 bridgehead atoms. The van der Waals surface area contributed by atoms with Gasteiger partial charge in [0.25, 0.3) is 5.91 Å². The SMILES string of the molecule is CC1CCCCC1CNC(=O)c1ccc(Br)cc1N. The lowest BCUT2D eigenvalue weighted by Crippen LogP contribution is -2.33. The van der Waals surface area contributed by atoms with Gasteiger partial charge in [-0.1, -0.05) is 42.1 Å². The van der Waals surface area contributed by atoms with Crippen LogP contribution in [-0.2, 0) is 0 Å². The van der Waals surface area contributed by atoms with E-state index in [1.54, 1.807) is 12.1 Å². The van der Waals surface area contributed by atoms with E-state index in [2.05, 4.69) is 28.2 Å². The van der Waals surface area contributed by atoms with Crippen molar-refractivity contribution in [3.63, 3.8) is 0 Å². The van der Waals surface area contributed by atoms with Crippen molar-refractivity contribution >= 4 is 27.5 Å². The number of nitrogens with one attached hydrogen (secondary N) is 1. The second kappa shape index (κ2) is 6.42. The predicted octanol–water partition coefficient (Wildman–Crippen LogP) is 3.59. The number of amides is 1. The van der Waals surface area contributed by atoms with Gasteiger partial charge in [0.2, 0.25) is 0 Å². The minimum Gasteiger partial charge on any atom is -0.398 e. The van der Waals surface area contributed by atoms with E-state index in [4.69, 9.17) is 5.73 Å². The van der Waals surface area contributed by atoms with Gasteiger partial charge < -0.3 is 11.1 Å². The van der Waals surface area contributed by atoms with Gasteiger partial charge in [-0.2, -0.15) is 0 Å². The zero-order valence-electron chi connectivity index (χ0n) is 11.3. The summed E-state index contributed by atoms with van der Waals surface area (Å²) in [5.41, 5.74) is 6.95. The molecule has 0 heterocycles. The Kier molecular flexibility index (Phi) is 4.86. The maximum Gasteiger partial charge on any atom is 0.253 e. The summed E-state index contributed by atoms with van der Waals surface area (Å²) in [5.74, 6) is 1.24. The fourth-order valence-electron chi connectivity index (χ4n) is 2.76. The smallest absolute Gasteiger partial charge is 0.253 e. The second-order valence-corrected chi connectivity index (χ2v) is 6.38. The summed E-state index contributed by atoms with van der Waals surface area (Å²) in [4.78, 5) is 12.1. The number of anilines is 1. The third kappa shape index (κ3) is 3.72. The van der Waals surface area contributed by atoms with Gasteiger partial charge in [0, 0.05) is 16.7 Å².